The van der Waals surface area contributed by atoms with Crippen molar-refractivity contribution < 1.29 is 19.4 Å². The molecular formula is C33H37Cl2N7O4. The maximum Gasteiger partial charge on any atom is 0.220 e. The van der Waals surface area contributed by atoms with Crippen LogP contribution >= 0.6 is 23.2 Å². The lowest BCUT2D eigenvalue weighted by Gasteiger charge is -2.17. The molecule has 3 aromatic heterocycles. The number of anilines is 2. The number of aromatic nitrogens is 3. The SMILES string of the molecule is COc1nc(-c2ccnc(-c3cccc(Nc4nccc(CNC[C@@H](C)O)c4OC)c3Cl)c2Cl)ccc1CNC[C@H]1CCC(=O)N1. The molecule has 4 aromatic rings. The lowest BCUT2D eigenvalue weighted by Crippen LogP contribution is -2.35. The van der Waals surface area contributed by atoms with Crippen molar-refractivity contribution in [3.63, 3.8) is 0 Å². The van der Waals surface area contributed by atoms with Gasteiger partial charge in [0.1, 0.15) is 0 Å². The number of aliphatic hydroxyl groups is 1. The molecule has 46 heavy (non-hydrogen) atoms. The monoisotopic (exact) mass is 665 g/mol. The number of nitrogens with one attached hydrogen (secondary N) is 4. The highest BCUT2D eigenvalue weighted by molar-refractivity contribution is 6.39. The quantitative estimate of drug-likeness (QED) is 0.123. The second-order valence-corrected chi connectivity index (χ2v) is 11.7. The molecule has 1 aromatic carbocycles. The summed E-state index contributed by atoms with van der Waals surface area (Å²) in [5, 5.41) is 23.2. The van der Waals surface area contributed by atoms with Crippen molar-refractivity contribution in [2.24, 2.45) is 0 Å². The van der Waals surface area contributed by atoms with Gasteiger partial charge in [-0.1, -0.05) is 41.4 Å². The summed E-state index contributed by atoms with van der Waals surface area (Å²) in [5.74, 6) is 1.62. The summed E-state index contributed by atoms with van der Waals surface area (Å²) in [7, 11) is 3.16. The molecule has 0 radical (unpaired) electrons. The van der Waals surface area contributed by atoms with Gasteiger partial charge in [0.15, 0.2) is 11.6 Å². The Morgan fingerprint density at radius 3 is 2.52 bits per heavy atom. The number of benzene rings is 1. The Balaban J connectivity index is 1.37. The molecular weight excluding hydrogens is 629 g/mol. The molecule has 1 aliphatic heterocycles. The molecule has 13 heteroatoms. The standard InChI is InChI=1S/C33H37Cl2N7O4/c1-19(43)15-36-16-20-11-13-39-32(31(20)45-2)41-26-6-4-5-24(28(26)34)30-29(35)23(12-14-38-30)25-9-7-21(33(42-25)46-3)17-37-18-22-8-10-27(44)40-22/h4-7,9,11-14,19,22,36-37,43H,8,10,15-18H2,1-3H3,(H,39,41)(H,40,44)/t19-,22-/m1/s1. The van der Waals surface area contributed by atoms with Crippen LogP contribution in [0.1, 0.15) is 30.9 Å². The highest BCUT2D eigenvalue weighted by Crippen LogP contribution is 2.41. The highest BCUT2D eigenvalue weighted by Gasteiger charge is 2.21. The highest BCUT2D eigenvalue weighted by atomic mass is 35.5. The van der Waals surface area contributed by atoms with Crippen LogP contribution in [0.25, 0.3) is 22.5 Å². The summed E-state index contributed by atoms with van der Waals surface area (Å²) in [4.78, 5) is 25.3. The number of ether oxygens (including phenoxy) is 2. The molecule has 5 rings (SSSR count). The first-order valence-corrected chi connectivity index (χ1v) is 15.7. The van der Waals surface area contributed by atoms with Crippen molar-refractivity contribution in [1.82, 2.24) is 30.9 Å². The topological polar surface area (TPSA) is 143 Å². The summed E-state index contributed by atoms with van der Waals surface area (Å²) in [6, 6.07) is 13.2. The predicted molar refractivity (Wildman–Crippen MR) is 180 cm³/mol. The van der Waals surface area contributed by atoms with E-state index in [1.54, 1.807) is 39.6 Å². The van der Waals surface area contributed by atoms with Crippen LogP contribution in [0.5, 0.6) is 11.6 Å². The van der Waals surface area contributed by atoms with Gasteiger partial charge in [0.25, 0.3) is 0 Å². The number of nitrogens with zero attached hydrogens (tertiary/aromatic N) is 3. The number of pyridine rings is 3. The summed E-state index contributed by atoms with van der Waals surface area (Å²) in [5.41, 5.74) is 4.77. The van der Waals surface area contributed by atoms with Crippen LogP contribution in [0.4, 0.5) is 11.5 Å². The second-order valence-electron chi connectivity index (χ2n) is 10.9. The summed E-state index contributed by atoms with van der Waals surface area (Å²) in [6.45, 7) is 3.86. The Morgan fingerprint density at radius 1 is 0.978 bits per heavy atom. The summed E-state index contributed by atoms with van der Waals surface area (Å²) >= 11 is 13.9. The van der Waals surface area contributed by atoms with Crippen LogP contribution in [0.2, 0.25) is 10.0 Å². The van der Waals surface area contributed by atoms with Crippen LogP contribution in [0, 0.1) is 0 Å². The van der Waals surface area contributed by atoms with Crippen molar-refractivity contribution in [2.75, 3.05) is 32.6 Å². The third-order valence-electron chi connectivity index (χ3n) is 7.54. The van der Waals surface area contributed by atoms with E-state index in [2.05, 4.69) is 31.2 Å². The van der Waals surface area contributed by atoms with Crippen molar-refractivity contribution in [2.45, 2.75) is 45.0 Å². The first-order chi connectivity index (χ1) is 22.3. The molecule has 0 aliphatic carbocycles. The molecule has 0 unspecified atom stereocenters. The fourth-order valence-corrected chi connectivity index (χ4v) is 5.84. The largest absolute Gasteiger partial charge is 0.493 e. The summed E-state index contributed by atoms with van der Waals surface area (Å²) < 4.78 is 11.3. The molecule has 5 N–H and O–H groups in total. The Hall–Kier alpha value is -4.00. The van der Waals surface area contributed by atoms with Gasteiger partial charge in [-0.15, -0.1) is 0 Å². The van der Waals surface area contributed by atoms with Gasteiger partial charge in [0.05, 0.1) is 47.4 Å². The average molecular weight is 667 g/mol. The van der Waals surface area contributed by atoms with E-state index in [1.165, 1.54) is 0 Å². The number of hydrogen-bond donors (Lipinski definition) is 5. The zero-order chi connectivity index (χ0) is 32.6. The van der Waals surface area contributed by atoms with Crippen LogP contribution in [0.3, 0.4) is 0 Å². The fourth-order valence-electron chi connectivity index (χ4n) is 5.27. The van der Waals surface area contributed by atoms with Gasteiger partial charge < -0.3 is 35.8 Å². The number of amides is 1. The molecule has 0 saturated carbocycles. The van der Waals surface area contributed by atoms with Crippen LogP contribution in [-0.2, 0) is 17.9 Å². The van der Waals surface area contributed by atoms with Gasteiger partial charge in [-0.25, -0.2) is 9.97 Å². The Labute approximate surface area is 278 Å². The number of hydrogen-bond acceptors (Lipinski definition) is 10. The Kier molecular flexibility index (Phi) is 11.3. The number of carbonyl (C=O) groups is 1. The third-order valence-corrected chi connectivity index (χ3v) is 8.33. The number of methoxy groups -OCH3 is 2. The van der Waals surface area contributed by atoms with Crippen molar-refractivity contribution in [3.05, 3.63) is 76.0 Å². The normalized spacial score (nSPS) is 15.0. The maximum atomic E-state index is 11.5. The Bertz CT molecular complexity index is 1690. The fraction of sp³-hybridized carbons (Fsp3) is 0.333. The molecule has 242 valence electrons. The van der Waals surface area contributed by atoms with Gasteiger partial charge in [-0.3, -0.25) is 9.78 Å². The van der Waals surface area contributed by atoms with Gasteiger partial charge in [-0.2, -0.15) is 0 Å². The van der Waals surface area contributed by atoms with E-state index in [-0.39, 0.29) is 11.9 Å². The second kappa shape index (κ2) is 15.5. The molecule has 0 bridgehead atoms. The minimum absolute atomic E-state index is 0.0917. The number of aliphatic hydroxyl groups excluding tert-OH is 1. The van der Waals surface area contributed by atoms with E-state index >= 15 is 0 Å². The molecule has 1 aliphatic rings. The molecule has 2 atom stereocenters. The first-order valence-electron chi connectivity index (χ1n) is 14.9. The van der Waals surface area contributed by atoms with Crippen molar-refractivity contribution in [1.29, 1.82) is 0 Å². The zero-order valence-corrected chi connectivity index (χ0v) is 27.4. The van der Waals surface area contributed by atoms with Gasteiger partial charge in [-0.05, 0) is 37.6 Å². The third kappa shape index (κ3) is 7.86. The lowest BCUT2D eigenvalue weighted by molar-refractivity contribution is -0.119. The molecule has 1 saturated heterocycles. The van der Waals surface area contributed by atoms with Crippen LogP contribution < -0.4 is 30.7 Å². The van der Waals surface area contributed by atoms with Crippen LogP contribution in [0.15, 0.2) is 54.9 Å². The zero-order valence-electron chi connectivity index (χ0n) is 25.9. The molecule has 11 nitrogen and oxygen atoms in total. The van der Waals surface area contributed by atoms with Gasteiger partial charge >= 0.3 is 0 Å². The smallest absolute Gasteiger partial charge is 0.220 e. The number of rotatable bonds is 14. The van der Waals surface area contributed by atoms with E-state index in [4.69, 9.17) is 37.7 Å². The Morgan fingerprint density at radius 2 is 1.78 bits per heavy atom. The average Bonchev–Trinajstić information content (AvgIpc) is 3.47. The maximum absolute atomic E-state index is 11.5. The van der Waals surface area contributed by atoms with E-state index < -0.39 is 6.10 Å². The minimum Gasteiger partial charge on any atom is -0.493 e. The van der Waals surface area contributed by atoms with E-state index in [0.717, 1.165) is 17.5 Å². The number of halogens is 2. The molecule has 0 spiro atoms. The predicted octanol–water partition coefficient (Wildman–Crippen LogP) is 5.11. The minimum atomic E-state index is -0.468. The molecule has 1 fully saturated rings. The molecule has 1 amide bonds. The first kappa shape index (κ1) is 33.4. The van der Waals surface area contributed by atoms with Crippen LogP contribution in [-0.4, -0.2) is 65.4 Å². The van der Waals surface area contributed by atoms with Crippen molar-refractivity contribution >= 4 is 40.6 Å². The number of carbonyl (C=O) groups excluding carboxylic acids is 1. The van der Waals surface area contributed by atoms with Crippen molar-refractivity contribution in [3.8, 4) is 34.1 Å². The molecule has 4 heterocycles. The lowest BCUT2D eigenvalue weighted by atomic mass is 10.1. The van der Waals surface area contributed by atoms with E-state index in [0.29, 0.717) is 88.3 Å². The van der Waals surface area contributed by atoms with Gasteiger partial charge in [0.2, 0.25) is 11.8 Å². The van der Waals surface area contributed by atoms with E-state index in [1.807, 2.05) is 36.4 Å². The van der Waals surface area contributed by atoms with Gasteiger partial charge in [0, 0.05) is 73.3 Å². The van der Waals surface area contributed by atoms with E-state index in [9.17, 15) is 9.90 Å². The summed E-state index contributed by atoms with van der Waals surface area (Å²) in [6.07, 6.45) is 4.27.